The number of halogens is 1. The first-order valence-corrected chi connectivity index (χ1v) is 11.2. The van der Waals surface area contributed by atoms with Gasteiger partial charge in [0.2, 0.25) is 0 Å². The second kappa shape index (κ2) is 5.50. The minimum Gasteiger partial charge on any atom is -0.348 e. The van der Waals surface area contributed by atoms with Gasteiger partial charge in [0, 0.05) is 20.3 Å². The lowest BCUT2D eigenvalue weighted by Gasteiger charge is -2.33. The van der Waals surface area contributed by atoms with Crippen LogP contribution in [0.4, 0.5) is 4.39 Å². The molecule has 2 aromatic rings. The largest absolute Gasteiger partial charge is 0.348 e. The molecule has 4 nitrogen and oxygen atoms in total. The molecule has 22 heavy (non-hydrogen) atoms. The van der Waals surface area contributed by atoms with Crippen LogP contribution < -0.4 is 5.32 Å². The number of fused-ring (bicyclic) bond motifs is 1. The van der Waals surface area contributed by atoms with Crippen molar-refractivity contribution in [1.29, 1.82) is 0 Å². The van der Waals surface area contributed by atoms with E-state index >= 15 is 0 Å². The van der Waals surface area contributed by atoms with E-state index in [0.717, 1.165) is 12.8 Å². The second-order valence-electron chi connectivity index (χ2n) is 7.05. The fraction of sp³-hybridized carbons (Fsp3) is 0.500. The summed E-state index contributed by atoms with van der Waals surface area (Å²) in [6.07, 6.45) is 3.51. The number of carbonyl (C=O) groups is 1. The zero-order valence-electron chi connectivity index (χ0n) is 13.3. The monoisotopic (exact) mass is 319 g/mol. The average Bonchev–Trinajstić information content (AvgIpc) is 2.80. The maximum Gasteiger partial charge on any atom is 0.268 e. The number of H-pyrrole nitrogens is 1. The van der Waals surface area contributed by atoms with Crippen LogP contribution in [0.15, 0.2) is 12.3 Å². The van der Waals surface area contributed by atoms with Gasteiger partial charge >= 0.3 is 0 Å². The number of amides is 1. The Bertz CT molecular complexity index is 715. The normalized spacial score (nSPS) is 18.5. The van der Waals surface area contributed by atoms with E-state index in [0.29, 0.717) is 22.3 Å². The van der Waals surface area contributed by atoms with Gasteiger partial charge in [-0.15, -0.1) is 0 Å². The van der Waals surface area contributed by atoms with Gasteiger partial charge in [-0.1, -0.05) is 25.2 Å². The molecule has 1 fully saturated rings. The molecule has 0 unspecified atom stereocenters. The molecule has 1 aliphatic rings. The average molecular weight is 319 g/mol. The zero-order chi connectivity index (χ0) is 15.9. The molecule has 0 saturated carbocycles. The Hall–Kier alpha value is -1.69. The van der Waals surface area contributed by atoms with Gasteiger partial charge in [-0.3, -0.25) is 4.79 Å². The Balaban J connectivity index is 1.79. The van der Waals surface area contributed by atoms with Gasteiger partial charge in [-0.25, -0.2) is 9.37 Å². The van der Waals surface area contributed by atoms with Crippen molar-refractivity contribution >= 4 is 25.0 Å². The number of nitrogens with zero attached hydrogens (tertiary/aromatic N) is 1. The molecule has 0 bridgehead atoms. The Morgan fingerprint density at radius 1 is 1.41 bits per heavy atom. The van der Waals surface area contributed by atoms with Crippen LogP contribution in [0.1, 0.15) is 28.9 Å². The molecular weight excluding hydrogens is 297 g/mol. The standard InChI is InChI=1S/C16H22FN3OSi/c1-10-13-12(17)4-7-18-15(13)20-14(10)16(21)19-11-5-8-22(2,3)9-6-11/h4,7,11H,5-6,8-9H2,1-3H3,(H,18,20)(H,19,21). The molecule has 0 atom stereocenters. The molecule has 0 spiro atoms. The Labute approximate surface area is 130 Å². The van der Waals surface area contributed by atoms with Gasteiger partial charge in [0.1, 0.15) is 17.2 Å². The van der Waals surface area contributed by atoms with Crippen molar-refractivity contribution in [3.8, 4) is 0 Å². The quantitative estimate of drug-likeness (QED) is 0.831. The van der Waals surface area contributed by atoms with E-state index in [2.05, 4.69) is 28.4 Å². The van der Waals surface area contributed by atoms with Gasteiger partial charge in [0.05, 0.1) is 5.39 Å². The number of aromatic amines is 1. The van der Waals surface area contributed by atoms with Gasteiger partial charge in [0.25, 0.3) is 5.91 Å². The first-order chi connectivity index (χ1) is 10.4. The fourth-order valence-corrected chi connectivity index (χ4v) is 5.76. The van der Waals surface area contributed by atoms with Crippen molar-refractivity contribution in [3.05, 3.63) is 29.3 Å². The summed E-state index contributed by atoms with van der Waals surface area (Å²) in [4.78, 5) is 19.6. The number of nitrogens with one attached hydrogen (secondary N) is 2. The number of aryl methyl sites for hydroxylation is 1. The van der Waals surface area contributed by atoms with Crippen LogP contribution in [0, 0.1) is 12.7 Å². The molecule has 3 rings (SSSR count). The SMILES string of the molecule is Cc1c(C(=O)NC2CC[Si](C)(C)CC2)[nH]c2nccc(F)c12. The summed E-state index contributed by atoms with van der Waals surface area (Å²) in [5.74, 6) is -0.496. The van der Waals surface area contributed by atoms with E-state index in [1.54, 1.807) is 6.92 Å². The lowest BCUT2D eigenvalue weighted by atomic mass is 10.1. The summed E-state index contributed by atoms with van der Waals surface area (Å²) in [5.41, 5.74) is 1.48. The smallest absolute Gasteiger partial charge is 0.268 e. The van der Waals surface area contributed by atoms with Crippen LogP contribution in [0.3, 0.4) is 0 Å². The summed E-state index contributed by atoms with van der Waals surface area (Å²) < 4.78 is 13.9. The third-order valence-corrected chi connectivity index (χ3v) is 8.08. The number of hydrogen-bond acceptors (Lipinski definition) is 2. The topological polar surface area (TPSA) is 57.8 Å². The third kappa shape index (κ3) is 2.79. The lowest BCUT2D eigenvalue weighted by Crippen LogP contribution is -2.42. The minimum absolute atomic E-state index is 0.152. The van der Waals surface area contributed by atoms with E-state index in [9.17, 15) is 9.18 Å². The lowest BCUT2D eigenvalue weighted by molar-refractivity contribution is 0.0929. The van der Waals surface area contributed by atoms with Gasteiger partial charge in [-0.05, 0) is 31.4 Å². The number of carbonyl (C=O) groups excluding carboxylic acids is 1. The molecule has 3 heterocycles. The van der Waals surface area contributed by atoms with Crippen LogP contribution in [-0.4, -0.2) is 30.0 Å². The predicted molar refractivity (Wildman–Crippen MR) is 88.4 cm³/mol. The number of pyridine rings is 1. The van der Waals surface area contributed by atoms with E-state index in [1.807, 2.05) is 0 Å². The predicted octanol–water partition coefficient (Wildman–Crippen LogP) is 3.61. The second-order valence-corrected chi connectivity index (χ2v) is 12.4. The van der Waals surface area contributed by atoms with Crippen molar-refractivity contribution in [2.24, 2.45) is 0 Å². The number of hydrogen-bond donors (Lipinski definition) is 2. The highest BCUT2D eigenvalue weighted by molar-refractivity contribution is 6.77. The van der Waals surface area contributed by atoms with E-state index in [1.165, 1.54) is 24.4 Å². The summed E-state index contributed by atoms with van der Waals surface area (Å²) in [6.45, 7) is 6.57. The molecule has 118 valence electrons. The van der Waals surface area contributed by atoms with E-state index < -0.39 is 8.07 Å². The molecule has 1 aliphatic heterocycles. The van der Waals surface area contributed by atoms with Crippen molar-refractivity contribution in [3.63, 3.8) is 0 Å². The zero-order valence-corrected chi connectivity index (χ0v) is 14.3. The first kappa shape index (κ1) is 15.2. The highest BCUT2D eigenvalue weighted by Gasteiger charge is 2.30. The van der Waals surface area contributed by atoms with E-state index in [4.69, 9.17) is 0 Å². The number of aromatic nitrogens is 2. The Morgan fingerprint density at radius 2 is 2.09 bits per heavy atom. The molecule has 1 amide bonds. The Morgan fingerprint density at radius 3 is 2.73 bits per heavy atom. The van der Waals surface area contributed by atoms with Crippen molar-refractivity contribution in [2.45, 2.75) is 51.0 Å². The number of rotatable bonds is 2. The molecule has 6 heteroatoms. The minimum atomic E-state index is -1.03. The molecule has 1 saturated heterocycles. The molecule has 0 aromatic carbocycles. The van der Waals surface area contributed by atoms with E-state index in [-0.39, 0.29) is 17.8 Å². The van der Waals surface area contributed by atoms with Gasteiger partial charge < -0.3 is 10.3 Å². The molecule has 0 radical (unpaired) electrons. The summed E-state index contributed by atoms with van der Waals surface area (Å²) >= 11 is 0. The molecule has 2 aromatic heterocycles. The van der Waals surface area contributed by atoms with Crippen LogP contribution in [-0.2, 0) is 0 Å². The highest BCUT2D eigenvalue weighted by Crippen LogP contribution is 2.29. The summed E-state index contributed by atoms with van der Waals surface area (Å²) in [6, 6.07) is 4.05. The maximum absolute atomic E-state index is 13.9. The fourth-order valence-electron chi connectivity index (χ4n) is 3.26. The first-order valence-electron chi connectivity index (χ1n) is 7.81. The van der Waals surface area contributed by atoms with Crippen molar-refractivity contribution in [2.75, 3.05) is 0 Å². The van der Waals surface area contributed by atoms with Crippen LogP contribution >= 0.6 is 0 Å². The molecule has 2 N–H and O–H groups in total. The summed E-state index contributed by atoms with van der Waals surface area (Å²) in [5, 5.41) is 3.50. The van der Waals surface area contributed by atoms with Gasteiger partial charge in [-0.2, -0.15) is 0 Å². The molecule has 0 aliphatic carbocycles. The summed E-state index contributed by atoms with van der Waals surface area (Å²) in [7, 11) is -1.03. The highest BCUT2D eigenvalue weighted by atomic mass is 28.3. The molecular formula is C16H22FN3OSi. The van der Waals surface area contributed by atoms with Crippen molar-refractivity contribution in [1.82, 2.24) is 15.3 Å². The third-order valence-electron chi connectivity index (χ3n) is 4.79. The van der Waals surface area contributed by atoms with Gasteiger partial charge in [0.15, 0.2) is 0 Å². The van der Waals surface area contributed by atoms with Crippen LogP contribution in [0.5, 0.6) is 0 Å². The van der Waals surface area contributed by atoms with Crippen LogP contribution in [0.2, 0.25) is 25.2 Å². The Kier molecular flexibility index (Phi) is 3.80. The van der Waals surface area contributed by atoms with Crippen LogP contribution in [0.25, 0.3) is 11.0 Å². The maximum atomic E-state index is 13.9. The van der Waals surface area contributed by atoms with Crippen molar-refractivity contribution < 1.29 is 9.18 Å².